The molecule has 1 N–H and O–H groups in total. The monoisotopic (exact) mass is 389 g/mol. The van der Waals surface area contributed by atoms with E-state index in [9.17, 15) is 0 Å². The topological polar surface area (TPSA) is 37.0 Å². The van der Waals surface area contributed by atoms with E-state index in [4.69, 9.17) is 9.47 Å². The van der Waals surface area contributed by atoms with Gasteiger partial charge in [-0.1, -0.05) is 12.1 Å². The van der Waals surface area contributed by atoms with Gasteiger partial charge in [0.25, 0.3) is 0 Å². The van der Waals surface area contributed by atoms with Gasteiger partial charge >= 0.3 is 0 Å². The summed E-state index contributed by atoms with van der Waals surface area (Å²) in [4.78, 5) is 6.14. The Morgan fingerprint density at radius 3 is 2.67 bits per heavy atom. The predicted octanol–water partition coefficient (Wildman–Crippen LogP) is 3.06. The molecule has 0 saturated carbocycles. The SMILES string of the molecule is COc1cc(CNC(C)CN2CCN(C)CC2)ccc1OCc1cccs1. The summed E-state index contributed by atoms with van der Waals surface area (Å²) in [6.45, 7) is 9.40. The number of nitrogens with one attached hydrogen (secondary N) is 1. The van der Waals surface area contributed by atoms with Crippen molar-refractivity contribution in [3.8, 4) is 11.5 Å². The summed E-state index contributed by atoms with van der Waals surface area (Å²) in [5.74, 6) is 1.58. The number of hydrogen-bond donors (Lipinski definition) is 1. The van der Waals surface area contributed by atoms with Crippen LogP contribution >= 0.6 is 11.3 Å². The Morgan fingerprint density at radius 1 is 1.15 bits per heavy atom. The van der Waals surface area contributed by atoms with Crippen LogP contribution in [0, 0.1) is 0 Å². The third-order valence-electron chi connectivity index (χ3n) is 4.96. The number of benzene rings is 1. The molecule has 1 atom stereocenters. The van der Waals surface area contributed by atoms with Crippen molar-refractivity contribution in [2.75, 3.05) is 46.9 Å². The molecule has 2 heterocycles. The smallest absolute Gasteiger partial charge is 0.161 e. The van der Waals surface area contributed by atoms with Crippen molar-refractivity contribution in [3.63, 3.8) is 0 Å². The van der Waals surface area contributed by atoms with Gasteiger partial charge in [0.15, 0.2) is 11.5 Å². The van der Waals surface area contributed by atoms with Crippen LogP contribution in [0.4, 0.5) is 0 Å². The largest absolute Gasteiger partial charge is 0.493 e. The minimum absolute atomic E-state index is 0.453. The highest BCUT2D eigenvalue weighted by Crippen LogP contribution is 2.29. The summed E-state index contributed by atoms with van der Waals surface area (Å²) < 4.78 is 11.4. The molecule has 1 aromatic heterocycles. The Labute approximate surface area is 166 Å². The molecule has 2 aromatic rings. The molecule has 1 aliphatic heterocycles. The number of hydrogen-bond acceptors (Lipinski definition) is 6. The highest BCUT2D eigenvalue weighted by Gasteiger charge is 2.16. The van der Waals surface area contributed by atoms with Crippen LogP contribution in [0.3, 0.4) is 0 Å². The van der Waals surface area contributed by atoms with Crippen molar-refractivity contribution >= 4 is 11.3 Å². The summed E-state index contributed by atoms with van der Waals surface area (Å²) in [5, 5.41) is 5.70. The first-order chi connectivity index (χ1) is 13.1. The quantitative estimate of drug-likeness (QED) is 0.713. The van der Waals surface area contributed by atoms with Gasteiger partial charge in [0.1, 0.15) is 6.61 Å². The zero-order chi connectivity index (χ0) is 19.1. The first-order valence-electron chi connectivity index (χ1n) is 9.60. The lowest BCUT2D eigenvalue weighted by atomic mass is 10.2. The molecule has 0 bridgehead atoms. The lowest BCUT2D eigenvalue weighted by Gasteiger charge is -2.34. The maximum Gasteiger partial charge on any atom is 0.161 e. The molecule has 5 nitrogen and oxygen atoms in total. The molecule has 1 fully saturated rings. The van der Waals surface area contributed by atoms with Gasteiger partial charge in [-0.25, -0.2) is 0 Å². The van der Waals surface area contributed by atoms with Crippen molar-refractivity contribution in [2.24, 2.45) is 0 Å². The minimum Gasteiger partial charge on any atom is -0.493 e. The van der Waals surface area contributed by atoms with E-state index in [2.05, 4.69) is 52.7 Å². The molecule has 0 radical (unpaired) electrons. The third kappa shape index (κ3) is 6.21. The molecule has 27 heavy (non-hydrogen) atoms. The van der Waals surface area contributed by atoms with E-state index in [0.717, 1.165) is 50.8 Å². The van der Waals surface area contributed by atoms with Gasteiger partial charge in [-0.2, -0.15) is 0 Å². The van der Waals surface area contributed by atoms with E-state index in [0.29, 0.717) is 12.6 Å². The van der Waals surface area contributed by atoms with Crippen molar-refractivity contribution < 1.29 is 9.47 Å². The number of methoxy groups -OCH3 is 1. The maximum absolute atomic E-state index is 5.92. The van der Waals surface area contributed by atoms with Gasteiger partial charge in [0.2, 0.25) is 0 Å². The number of ether oxygens (including phenoxy) is 2. The molecular formula is C21H31N3O2S. The summed E-state index contributed by atoms with van der Waals surface area (Å²) in [6, 6.07) is 10.8. The Kier molecular flexibility index (Phi) is 7.52. The average Bonchev–Trinajstić information content (AvgIpc) is 3.20. The van der Waals surface area contributed by atoms with Gasteiger partial charge in [0.05, 0.1) is 7.11 Å². The van der Waals surface area contributed by atoms with Crippen LogP contribution < -0.4 is 14.8 Å². The van der Waals surface area contributed by atoms with Crippen molar-refractivity contribution in [1.82, 2.24) is 15.1 Å². The molecule has 6 heteroatoms. The molecule has 3 rings (SSSR count). The summed E-state index contributed by atoms with van der Waals surface area (Å²) in [5.41, 5.74) is 1.21. The second kappa shape index (κ2) is 10.1. The van der Waals surface area contributed by atoms with E-state index < -0.39 is 0 Å². The van der Waals surface area contributed by atoms with E-state index in [1.165, 1.54) is 10.4 Å². The zero-order valence-corrected chi connectivity index (χ0v) is 17.4. The van der Waals surface area contributed by atoms with Crippen molar-refractivity contribution in [2.45, 2.75) is 26.1 Å². The number of nitrogens with zero attached hydrogens (tertiary/aromatic N) is 2. The van der Waals surface area contributed by atoms with Gasteiger partial charge in [-0.3, -0.25) is 4.90 Å². The Bertz CT molecular complexity index is 685. The van der Waals surface area contributed by atoms with E-state index in [1.807, 2.05) is 12.1 Å². The van der Waals surface area contributed by atoms with Gasteiger partial charge in [-0.15, -0.1) is 11.3 Å². The summed E-state index contributed by atoms with van der Waals surface area (Å²) >= 11 is 1.70. The molecule has 1 unspecified atom stereocenters. The Morgan fingerprint density at radius 2 is 1.96 bits per heavy atom. The normalized spacial score (nSPS) is 17.0. The molecule has 0 aliphatic carbocycles. The molecule has 1 aromatic carbocycles. The second-order valence-electron chi connectivity index (χ2n) is 7.24. The third-order valence-corrected chi connectivity index (χ3v) is 5.81. The lowest BCUT2D eigenvalue weighted by molar-refractivity contribution is 0.144. The molecule has 1 saturated heterocycles. The van der Waals surface area contributed by atoms with Gasteiger partial charge in [-0.05, 0) is 43.1 Å². The van der Waals surface area contributed by atoms with Crippen LogP contribution in [0.2, 0.25) is 0 Å². The first-order valence-corrected chi connectivity index (χ1v) is 10.5. The standard InChI is InChI=1S/C21H31N3O2S/c1-17(15-24-10-8-23(2)9-11-24)22-14-18-6-7-20(21(13-18)25-3)26-16-19-5-4-12-27-19/h4-7,12-13,17,22H,8-11,14-16H2,1-3H3. The first kappa shape index (κ1) is 20.1. The van der Waals surface area contributed by atoms with E-state index in [1.54, 1.807) is 18.4 Å². The van der Waals surface area contributed by atoms with Gasteiger partial charge < -0.3 is 19.7 Å². The maximum atomic E-state index is 5.92. The highest BCUT2D eigenvalue weighted by molar-refractivity contribution is 7.09. The predicted molar refractivity (Wildman–Crippen MR) is 112 cm³/mol. The van der Waals surface area contributed by atoms with Crippen LogP contribution in [0.25, 0.3) is 0 Å². The van der Waals surface area contributed by atoms with E-state index in [-0.39, 0.29) is 0 Å². The Hall–Kier alpha value is -1.60. The number of piperazine rings is 1. The molecule has 0 spiro atoms. The molecular weight excluding hydrogens is 358 g/mol. The van der Waals surface area contributed by atoms with Crippen LogP contribution in [-0.2, 0) is 13.2 Å². The fourth-order valence-electron chi connectivity index (χ4n) is 3.26. The fourth-order valence-corrected chi connectivity index (χ4v) is 3.88. The van der Waals surface area contributed by atoms with Crippen molar-refractivity contribution in [3.05, 3.63) is 46.2 Å². The molecule has 0 amide bonds. The van der Waals surface area contributed by atoms with Crippen LogP contribution in [0.15, 0.2) is 35.7 Å². The van der Waals surface area contributed by atoms with Crippen LogP contribution in [0.1, 0.15) is 17.4 Å². The van der Waals surface area contributed by atoms with Gasteiger partial charge in [0, 0.05) is 50.2 Å². The zero-order valence-electron chi connectivity index (χ0n) is 16.6. The number of likely N-dealkylation sites (N-methyl/N-ethyl adjacent to an activating group) is 1. The average molecular weight is 390 g/mol. The lowest BCUT2D eigenvalue weighted by Crippen LogP contribution is -2.48. The number of thiophene rings is 1. The Balaban J connectivity index is 1.48. The van der Waals surface area contributed by atoms with E-state index >= 15 is 0 Å². The van der Waals surface area contributed by atoms with Crippen molar-refractivity contribution in [1.29, 1.82) is 0 Å². The molecule has 148 valence electrons. The second-order valence-corrected chi connectivity index (χ2v) is 8.27. The fraction of sp³-hybridized carbons (Fsp3) is 0.524. The number of rotatable bonds is 9. The minimum atomic E-state index is 0.453. The summed E-state index contributed by atoms with van der Waals surface area (Å²) in [7, 11) is 3.89. The molecule has 1 aliphatic rings. The highest BCUT2D eigenvalue weighted by atomic mass is 32.1. The van der Waals surface area contributed by atoms with Crippen LogP contribution in [0.5, 0.6) is 11.5 Å². The summed E-state index contributed by atoms with van der Waals surface area (Å²) in [6.07, 6.45) is 0. The van der Waals surface area contributed by atoms with Crippen LogP contribution in [-0.4, -0.2) is 62.7 Å².